The molecule has 2 rings (SSSR count). The highest BCUT2D eigenvalue weighted by Crippen LogP contribution is 2.32. The van der Waals surface area contributed by atoms with E-state index >= 15 is 0 Å². The number of nitrogens with zero attached hydrogens (tertiary/aromatic N) is 3. The zero-order valence-electron chi connectivity index (χ0n) is 10.4. The Bertz CT molecular complexity index is 514. The van der Waals surface area contributed by atoms with Crippen LogP contribution in [0.1, 0.15) is 56.7 Å². The van der Waals surface area contributed by atoms with Crippen molar-refractivity contribution in [2.24, 2.45) is 0 Å². The van der Waals surface area contributed by atoms with Crippen molar-refractivity contribution in [3.05, 3.63) is 17.2 Å². The fourth-order valence-corrected chi connectivity index (χ4v) is 2.78. The van der Waals surface area contributed by atoms with Gasteiger partial charge in [-0.2, -0.15) is 4.37 Å². The molecule has 16 heavy (non-hydrogen) atoms. The Morgan fingerprint density at radius 1 is 0.938 bits per heavy atom. The molecule has 0 fully saturated rings. The second-order valence-corrected chi connectivity index (χ2v) is 5.47. The third-order valence-corrected chi connectivity index (χ3v) is 3.35. The van der Waals surface area contributed by atoms with Crippen molar-refractivity contribution in [1.82, 2.24) is 14.3 Å². The lowest BCUT2D eigenvalue weighted by Crippen LogP contribution is -2.00. The van der Waals surface area contributed by atoms with Crippen LogP contribution in [0.15, 0.2) is 0 Å². The number of rotatable bonds is 2. The van der Waals surface area contributed by atoms with Crippen LogP contribution in [0.2, 0.25) is 0 Å². The minimum absolute atomic E-state index is 0.415. The lowest BCUT2D eigenvalue weighted by Gasteiger charge is -2.09. The number of hydrogen-bond donors (Lipinski definition) is 0. The van der Waals surface area contributed by atoms with Gasteiger partial charge in [0.25, 0.3) is 0 Å². The van der Waals surface area contributed by atoms with Gasteiger partial charge in [-0.15, -0.1) is 0 Å². The van der Waals surface area contributed by atoms with Crippen LogP contribution in [0.4, 0.5) is 0 Å². The maximum Gasteiger partial charge on any atom is 0.147 e. The lowest BCUT2D eigenvalue weighted by atomic mass is 10.0. The molecule has 0 aliphatic heterocycles. The highest BCUT2D eigenvalue weighted by atomic mass is 32.1. The van der Waals surface area contributed by atoms with Crippen molar-refractivity contribution in [2.45, 2.75) is 46.5 Å². The largest absolute Gasteiger partial charge is 0.237 e. The normalized spacial score (nSPS) is 11.9. The third-order valence-electron chi connectivity index (χ3n) is 2.60. The summed E-state index contributed by atoms with van der Waals surface area (Å²) in [4.78, 5) is 10.1. The molecule has 0 saturated carbocycles. The van der Waals surface area contributed by atoms with Crippen molar-refractivity contribution >= 4 is 21.7 Å². The molecule has 0 unspecified atom stereocenters. The van der Waals surface area contributed by atoms with Gasteiger partial charge in [-0.05, 0) is 30.3 Å². The first-order valence-electron chi connectivity index (χ1n) is 5.64. The summed E-state index contributed by atoms with van der Waals surface area (Å²) in [6.07, 6.45) is 0. The number of aryl methyl sites for hydroxylation is 1. The van der Waals surface area contributed by atoms with Gasteiger partial charge >= 0.3 is 0 Å². The van der Waals surface area contributed by atoms with E-state index in [4.69, 9.17) is 0 Å². The molecule has 0 aliphatic carbocycles. The minimum Gasteiger partial charge on any atom is -0.237 e. The molecule has 0 atom stereocenters. The number of hydrogen-bond acceptors (Lipinski definition) is 4. The van der Waals surface area contributed by atoms with Crippen molar-refractivity contribution in [2.75, 3.05) is 0 Å². The summed E-state index contributed by atoms with van der Waals surface area (Å²) in [5.41, 5.74) is 2.28. The zero-order valence-corrected chi connectivity index (χ0v) is 11.2. The van der Waals surface area contributed by atoms with E-state index in [0.29, 0.717) is 11.8 Å². The first-order chi connectivity index (χ1) is 7.50. The molecule has 0 spiro atoms. The van der Waals surface area contributed by atoms with Crippen LogP contribution < -0.4 is 0 Å². The van der Waals surface area contributed by atoms with Gasteiger partial charge < -0.3 is 0 Å². The summed E-state index contributed by atoms with van der Waals surface area (Å²) in [6.45, 7) is 10.6. The van der Waals surface area contributed by atoms with Gasteiger partial charge in [-0.3, -0.25) is 0 Å². The summed E-state index contributed by atoms with van der Waals surface area (Å²) in [6, 6.07) is 0. The Morgan fingerprint density at radius 2 is 1.56 bits per heavy atom. The average Bonchev–Trinajstić information content (AvgIpc) is 2.59. The number of aromatic nitrogens is 3. The molecular weight excluding hydrogens is 218 g/mol. The molecule has 0 saturated heterocycles. The van der Waals surface area contributed by atoms with Gasteiger partial charge in [0.15, 0.2) is 0 Å². The van der Waals surface area contributed by atoms with Crippen LogP contribution in [0.25, 0.3) is 10.2 Å². The highest BCUT2D eigenvalue weighted by Gasteiger charge is 2.18. The molecule has 0 aliphatic rings. The van der Waals surface area contributed by atoms with Gasteiger partial charge in [-0.25, -0.2) is 9.97 Å². The molecule has 3 nitrogen and oxygen atoms in total. The van der Waals surface area contributed by atoms with E-state index in [0.717, 1.165) is 22.0 Å². The summed E-state index contributed by atoms with van der Waals surface area (Å²) in [7, 11) is 0. The summed E-state index contributed by atoms with van der Waals surface area (Å²) in [5.74, 6) is 1.69. The van der Waals surface area contributed by atoms with Crippen molar-refractivity contribution in [3.8, 4) is 0 Å². The summed E-state index contributed by atoms with van der Waals surface area (Å²) >= 11 is 1.49. The SMILES string of the molecule is Cc1nc(C(C)C)c2c(C(C)C)nsc2n1. The van der Waals surface area contributed by atoms with Crippen molar-refractivity contribution in [3.63, 3.8) is 0 Å². The van der Waals surface area contributed by atoms with Crippen LogP contribution in [0.3, 0.4) is 0 Å². The first kappa shape index (κ1) is 11.5. The molecule has 0 N–H and O–H groups in total. The quantitative estimate of drug-likeness (QED) is 0.797. The van der Waals surface area contributed by atoms with E-state index in [-0.39, 0.29) is 0 Å². The molecule has 2 aromatic heterocycles. The van der Waals surface area contributed by atoms with E-state index in [1.165, 1.54) is 16.9 Å². The average molecular weight is 235 g/mol. The maximum atomic E-state index is 4.57. The van der Waals surface area contributed by atoms with E-state index in [1.54, 1.807) is 0 Å². The molecule has 2 aromatic rings. The second kappa shape index (κ2) is 4.09. The third kappa shape index (κ3) is 1.82. The van der Waals surface area contributed by atoms with Crippen LogP contribution in [-0.2, 0) is 0 Å². The highest BCUT2D eigenvalue weighted by molar-refractivity contribution is 7.13. The minimum atomic E-state index is 0.415. The van der Waals surface area contributed by atoms with Gasteiger partial charge in [-0.1, -0.05) is 27.7 Å². The predicted octanol–water partition coefficient (Wildman–Crippen LogP) is 3.64. The van der Waals surface area contributed by atoms with E-state index in [2.05, 4.69) is 42.0 Å². The molecule has 0 amide bonds. The Balaban J connectivity index is 2.79. The van der Waals surface area contributed by atoms with E-state index in [9.17, 15) is 0 Å². The van der Waals surface area contributed by atoms with Crippen molar-refractivity contribution < 1.29 is 0 Å². The van der Waals surface area contributed by atoms with Crippen LogP contribution in [0, 0.1) is 6.92 Å². The standard InChI is InChI=1S/C12H17N3S/c1-6(2)10-9-11(7(3)4)15-16-12(9)14-8(5)13-10/h6-7H,1-5H3. The van der Waals surface area contributed by atoms with Gasteiger partial charge in [0, 0.05) is 0 Å². The van der Waals surface area contributed by atoms with Crippen LogP contribution in [-0.4, -0.2) is 14.3 Å². The Hall–Kier alpha value is -1.03. The molecule has 2 heterocycles. The van der Waals surface area contributed by atoms with Crippen molar-refractivity contribution in [1.29, 1.82) is 0 Å². The molecule has 0 bridgehead atoms. The predicted molar refractivity (Wildman–Crippen MR) is 68.1 cm³/mol. The van der Waals surface area contributed by atoms with Gasteiger partial charge in [0.1, 0.15) is 10.7 Å². The summed E-state index contributed by atoms with van der Waals surface area (Å²) in [5, 5.41) is 1.18. The first-order valence-corrected chi connectivity index (χ1v) is 6.41. The van der Waals surface area contributed by atoms with E-state index < -0.39 is 0 Å². The van der Waals surface area contributed by atoms with Gasteiger partial charge in [0.05, 0.1) is 16.8 Å². The van der Waals surface area contributed by atoms with E-state index in [1.807, 2.05) is 6.92 Å². The molecular formula is C12H17N3S. The lowest BCUT2D eigenvalue weighted by molar-refractivity contribution is 0.804. The zero-order chi connectivity index (χ0) is 11.9. The fourth-order valence-electron chi connectivity index (χ4n) is 1.82. The Kier molecular flexibility index (Phi) is 2.93. The fraction of sp³-hybridized carbons (Fsp3) is 0.583. The molecule has 0 aromatic carbocycles. The molecule has 86 valence electrons. The van der Waals surface area contributed by atoms with Crippen LogP contribution >= 0.6 is 11.5 Å². The molecule has 0 radical (unpaired) electrons. The topological polar surface area (TPSA) is 38.7 Å². The second-order valence-electron chi connectivity index (χ2n) is 4.71. The maximum absolute atomic E-state index is 4.57. The smallest absolute Gasteiger partial charge is 0.147 e. The Morgan fingerprint density at radius 3 is 2.12 bits per heavy atom. The summed E-state index contributed by atoms with van der Waals surface area (Å²) < 4.78 is 4.52. The Labute approximate surface area is 100 Å². The van der Waals surface area contributed by atoms with Gasteiger partial charge in [0.2, 0.25) is 0 Å². The molecule has 4 heteroatoms. The monoisotopic (exact) mass is 235 g/mol. The number of fused-ring (bicyclic) bond motifs is 1. The van der Waals surface area contributed by atoms with Crippen LogP contribution in [0.5, 0.6) is 0 Å².